The number of nitrogens with zero attached hydrogens (tertiary/aromatic N) is 3. The second kappa shape index (κ2) is 7.20. The molecule has 148 valence electrons. The Bertz CT molecular complexity index is 1300. The average Bonchev–Trinajstić information content (AvgIpc) is 3.07. The van der Waals surface area contributed by atoms with E-state index in [1.165, 1.54) is 4.68 Å². The molecule has 2 aromatic carbocycles. The van der Waals surface area contributed by atoms with E-state index in [-0.39, 0.29) is 11.5 Å². The number of hydrogen-bond acceptors (Lipinski definition) is 3. The molecule has 1 unspecified atom stereocenters. The predicted octanol–water partition coefficient (Wildman–Crippen LogP) is 4.16. The molecule has 1 N–H and O–H groups in total. The number of benzene rings is 2. The highest BCUT2D eigenvalue weighted by molar-refractivity contribution is 5.94. The molecule has 0 aliphatic heterocycles. The smallest absolute Gasteiger partial charge is 0.291 e. The van der Waals surface area contributed by atoms with Crippen LogP contribution in [0, 0.1) is 20.8 Å². The summed E-state index contributed by atoms with van der Waals surface area (Å²) in [6.07, 6.45) is 0.458. The molecule has 6 nitrogen and oxygen atoms in total. The van der Waals surface area contributed by atoms with Crippen LogP contribution in [0.1, 0.15) is 36.3 Å². The number of aryl methyl sites for hydroxylation is 3. The third kappa shape index (κ3) is 3.20. The second-order valence-electron chi connectivity index (χ2n) is 7.45. The molecule has 4 aromatic rings. The Morgan fingerprint density at radius 1 is 1.07 bits per heavy atom. The molecule has 0 saturated carbocycles. The van der Waals surface area contributed by atoms with Gasteiger partial charge < -0.3 is 5.32 Å². The van der Waals surface area contributed by atoms with Crippen molar-refractivity contribution in [2.75, 3.05) is 5.32 Å². The Labute approximate surface area is 168 Å². The Kier molecular flexibility index (Phi) is 4.70. The summed E-state index contributed by atoms with van der Waals surface area (Å²) in [5.74, 6) is 0.424. The van der Waals surface area contributed by atoms with E-state index in [4.69, 9.17) is 0 Å². The van der Waals surface area contributed by atoms with E-state index in [1.807, 2.05) is 80.6 Å². The third-order valence-corrected chi connectivity index (χ3v) is 5.35. The molecular weight excluding hydrogens is 364 g/mol. The highest BCUT2D eigenvalue weighted by Crippen LogP contribution is 2.22. The highest BCUT2D eigenvalue weighted by Gasteiger charge is 2.24. The Morgan fingerprint density at radius 2 is 1.83 bits per heavy atom. The molecule has 4 rings (SSSR count). The van der Waals surface area contributed by atoms with E-state index in [2.05, 4.69) is 10.4 Å². The number of anilines is 1. The maximum absolute atomic E-state index is 13.3. The lowest BCUT2D eigenvalue weighted by Crippen LogP contribution is -2.36. The number of nitrogens with one attached hydrogen (secondary N) is 1. The molecule has 0 aliphatic rings. The van der Waals surface area contributed by atoms with Gasteiger partial charge in [-0.05, 0) is 57.0 Å². The minimum atomic E-state index is -0.689. The zero-order valence-electron chi connectivity index (χ0n) is 17.1. The van der Waals surface area contributed by atoms with Crippen LogP contribution in [0.3, 0.4) is 0 Å². The minimum absolute atomic E-state index is 0.243. The van der Waals surface area contributed by atoms with Crippen LogP contribution in [0.4, 0.5) is 5.69 Å². The van der Waals surface area contributed by atoms with Crippen LogP contribution in [0.2, 0.25) is 0 Å². The molecule has 0 saturated heterocycles. The van der Waals surface area contributed by atoms with Gasteiger partial charge in [0.25, 0.3) is 5.56 Å². The van der Waals surface area contributed by atoms with Crippen LogP contribution in [0.5, 0.6) is 0 Å². The van der Waals surface area contributed by atoms with Gasteiger partial charge in [-0.15, -0.1) is 0 Å². The summed E-state index contributed by atoms with van der Waals surface area (Å²) in [7, 11) is 0. The number of fused-ring (bicyclic) bond motifs is 3. The quantitative estimate of drug-likeness (QED) is 0.571. The summed E-state index contributed by atoms with van der Waals surface area (Å²) >= 11 is 0. The molecule has 1 atom stereocenters. The molecule has 0 fully saturated rings. The largest absolute Gasteiger partial charge is 0.324 e. The first-order valence-corrected chi connectivity index (χ1v) is 9.78. The third-order valence-electron chi connectivity index (χ3n) is 5.35. The van der Waals surface area contributed by atoms with E-state index in [0.29, 0.717) is 17.8 Å². The molecule has 0 radical (unpaired) electrons. The van der Waals surface area contributed by atoms with Crippen molar-refractivity contribution < 1.29 is 4.79 Å². The van der Waals surface area contributed by atoms with E-state index in [9.17, 15) is 9.59 Å². The van der Waals surface area contributed by atoms with Crippen LogP contribution in [-0.4, -0.2) is 20.1 Å². The Balaban J connectivity index is 1.82. The van der Waals surface area contributed by atoms with Crippen molar-refractivity contribution in [3.8, 4) is 0 Å². The zero-order valence-corrected chi connectivity index (χ0v) is 17.1. The molecule has 0 bridgehead atoms. The maximum Gasteiger partial charge on any atom is 0.291 e. The molecule has 29 heavy (non-hydrogen) atoms. The number of carbonyl (C=O) groups is 1. The lowest BCUT2D eigenvalue weighted by atomic mass is 10.1. The highest BCUT2D eigenvalue weighted by atomic mass is 16.2. The van der Waals surface area contributed by atoms with Gasteiger partial charge >= 0.3 is 0 Å². The summed E-state index contributed by atoms with van der Waals surface area (Å²) < 4.78 is 3.18. The molecular formula is C23H24N4O2. The lowest BCUT2D eigenvalue weighted by molar-refractivity contribution is -0.119. The van der Waals surface area contributed by atoms with Gasteiger partial charge in [0.2, 0.25) is 5.91 Å². The molecule has 6 heteroatoms. The fourth-order valence-corrected chi connectivity index (χ4v) is 3.81. The van der Waals surface area contributed by atoms with Crippen LogP contribution in [-0.2, 0) is 4.79 Å². The molecule has 2 heterocycles. The van der Waals surface area contributed by atoms with Crippen molar-refractivity contribution in [1.82, 2.24) is 14.2 Å². The first-order chi connectivity index (χ1) is 13.9. The first kappa shape index (κ1) is 18.9. The minimum Gasteiger partial charge on any atom is -0.324 e. The molecule has 1 amide bonds. The summed E-state index contributed by atoms with van der Waals surface area (Å²) in [5.41, 5.74) is 4.04. The van der Waals surface area contributed by atoms with Crippen molar-refractivity contribution in [3.05, 3.63) is 75.8 Å². The normalized spacial score (nSPS) is 12.4. The van der Waals surface area contributed by atoms with Crippen molar-refractivity contribution in [2.45, 2.75) is 40.2 Å². The SMILES string of the molecule is CCC(C(=O)Nc1ccccc1C)n1nc(C)n2c(cc3cc(C)ccc32)c1=O. The van der Waals surface area contributed by atoms with Gasteiger partial charge in [0.15, 0.2) is 0 Å². The number of aromatic nitrogens is 3. The fourth-order valence-electron chi connectivity index (χ4n) is 3.81. The van der Waals surface area contributed by atoms with Gasteiger partial charge in [-0.3, -0.25) is 14.0 Å². The van der Waals surface area contributed by atoms with Gasteiger partial charge in [-0.1, -0.05) is 36.8 Å². The van der Waals surface area contributed by atoms with Crippen LogP contribution < -0.4 is 10.9 Å². The number of carbonyl (C=O) groups excluding carboxylic acids is 1. The molecule has 0 spiro atoms. The number of amides is 1. The summed E-state index contributed by atoms with van der Waals surface area (Å²) in [6.45, 7) is 7.70. The van der Waals surface area contributed by atoms with Crippen molar-refractivity contribution in [2.24, 2.45) is 0 Å². The Hall–Kier alpha value is -3.41. The number of hydrogen-bond donors (Lipinski definition) is 1. The topological polar surface area (TPSA) is 68.4 Å². The molecule has 0 aliphatic carbocycles. The van der Waals surface area contributed by atoms with Crippen LogP contribution in [0.15, 0.2) is 53.3 Å². The van der Waals surface area contributed by atoms with Crippen molar-refractivity contribution >= 4 is 28.0 Å². The van der Waals surface area contributed by atoms with Gasteiger partial charge in [-0.25, -0.2) is 4.68 Å². The number of rotatable bonds is 4. The standard InChI is InChI=1S/C23H24N4O2/c1-5-19(22(28)24-18-9-7-6-8-15(18)3)27-23(29)21-13-17-12-14(2)10-11-20(17)26(21)16(4)25-27/h6-13,19H,5H2,1-4H3,(H,24,28). The first-order valence-electron chi connectivity index (χ1n) is 9.78. The zero-order chi connectivity index (χ0) is 20.7. The van der Waals surface area contributed by atoms with Crippen molar-refractivity contribution in [3.63, 3.8) is 0 Å². The van der Waals surface area contributed by atoms with Crippen LogP contribution >= 0.6 is 0 Å². The molecule has 2 aromatic heterocycles. The van der Waals surface area contributed by atoms with E-state index in [0.717, 1.165) is 27.7 Å². The fraction of sp³-hybridized carbons (Fsp3) is 0.261. The van der Waals surface area contributed by atoms with E-state index >= 15 is 0 Å². The summed E-state index contributed by atoms with van der Waals surface area (Å²) in [4.78, 5) is 26.3. The second-order valence-corrected chi connectivity index (χ2v) is 7.45. The van der Waals surface area contributed by atoms with Gasteiger partial charge in [0, 0.05) is 11.1 Å². The monoisotopic (exact) mass is 388 g/mol. The summed E-state index contributed by atoms with van der Waals surface area (Å²) in [5, 5.41) is 8.44. The van der Waals surface area contributed by atoms with E-state index in [1.54, 1.807) is 0 Å². The predicted molar refractivity (Wildman–Crippen MR) is 116 cm³/mol. The van der Waals surface area contributed by atoms with E-state index < -0.39 is 6.04 Å². The maximum atomic E-state index is 13.3. The van der Waals surface area contributed by atoms with Crippen LogP contribution in [0.25, 0.3) is 16.4 Å². The van der Waals surface area contributed by atoms with Crippen molar-refractivity contribution in [1.29, 1.82) is 0 Å². The van der Waals surface area contributed by atoms with Gasteiger partial charge in [-0.2, -0.15) is 5.10 Å². The Morgan fingerprint density at radius 3 is 2.55 bits per heavy atom. The number of para-hydroxylation sites is 1. The van der Waals surface area contributed by atoms with Gasteiger partial charge in [0.05, 0.1) is 5.52 Å². The average molecular weight is 388 g/mol. The van der Waals surface area contributed by atoms with Gasteiger partial charge in [0.1, 0.15) is 17.4 Å². The summed E-state index contributed by atoms with van der Waals surface area (Å²) in [6, 6.07) is 14.8. The lowest BCUT2D eigenvalue weighted by Gasteiger charge is -2.18.